The van der Waals surface area contributed by atoms with Gasteiger partial charge in [-0.15, -0.1) is 10.2 Å². The highest BCUT2D eigenvalue weighted by molar-refractivity contribution is 7.99. The molecule has 1 aliphatic rings. The van der Waals surface area contributed by atoms with Crippen molar-refractivity contribution in [3.63, 3.8) is 0 Å². The van der Waals surface area contributed by atoms with E-state index in [-0.39, 0.29) is 5.91 Å². The van der Waals surface area contributed by atoms with Crippen molar-refractivity contribution in [2.24, 2.45) is 18.9 Å². The topological polar surface area (TPSA) is 73.0 Å². The molecule has 0 bridgehead atoms. The molecule has 1 saturated carbocycles. The first kappa shape index (κ1) is 17.1. The largest absolute Gasteiger partial charge is 0.461 e. The summed E-state index contributed by atoms with van der Waals surface area (Å²) < 4.78 is 7.20. The Hall–Kier alpha value is -1.76. The Balaban J connectivity index is 1.55. The van der Waals surface area contributed by atoms with Gasteiger partial charge in [0.2, 0.25) is 5.91 Å². The van der Waals surface area contributed by atoms with Crippen LogP contribution in [0.1, 0.15) is 33.1 Å². The third-order valence-electron chi connectivity index (χ3n) is 4.96. The normalized spacial score (nSPS) is 24.0. The second-order valence-electron chi connectivity index (χ2n) is 6.57. The Kier molecular flexibility index (Phi) is 5.28. The number of hydrogen-bond donors (Lipinski definition) is 1. The van der Waals surface area contributed by atoms with Crippen molar-refractivity contribution in [1.82, 2.24) is 20.1 Å². The molecule has 0 aliphatic heterocycles. The van der Waals surface area contributed by atoms with E-state index < -0.39 is 0 Å². The molecule has 0 aromatic carbocycles. The summed E-state index contributed by atoms with van der Waals surface area (Å²) in [5, 5.41) is 12.2. The van der Waals surface area contributed by atoms with Crippen LogP contribution in [0.25, 0.3) is 11.6 Å². The molecule has 2 aromatic heterocycles. The van der Waals surface area contributed by atoms with E-state index in [4.69, 9.17) is 4.42 Å². The zero-order valence-corrected chi connectivity index (χ0v) is 15.2. The molecule has 6 nitrogen and oxygen atoms in total. The minimum atomic E-state index is 0.0634. The summed E-state index contributed by atoms with van der Waals surface area (Å²) in [5.74, 6) is 2.96. The van der Waals surface area contributed by atoms with Crippen LogP contribution in [0, 0.1) is 11.8 Å². The average molecular weight is 348 g/mol. The predicted molar refractivity (Wildman–Crippen MR) is 93.5 cm³/mol. The van der Waals surface area contributed by atoms with Crippen LogP contribution in [0.3, 0.4) is 0 Å². The number of rotatable bonds is 5. The summed E-state index contributed by atoms with van der Waals surface area (Å²) in [7, 11) is 1.88. The zero-order chi connectivity index (χ0) is 17.1. The fourth-order valence-corrected chi connectivity index (χ4v) is 3.95. The number of furan rings is 1. The molecule has 7 heteroatoms. The van der Waals surface area contributed by atoms with Gasteiger partial charge >= 0.3 is 0 Å². The molecule has 2 aromatic rings. The van der Waals surface area contributed by atoms with E-state index in [9.17, 15) is 4.79 Å². The maximum atomic E-state index is 12.3. The number of nitrogens with zero attached hydrogens (tertiary/aromatic N) is 3. The fraction of sp³-hybridized carbons (Fsp3) is 0.588. The van der Waals surface area contributed by atoms with Crippen LogP contribution in [-0.4, -0.2) is 32.5 Å². The van der Waals surface area contributed by atoms with Crippen molar-refractivity contribution in [2.75, 3.05) is 5.75 Å². The molecule has 0 spiro atoms. The number of amides is 1. The van der Waals surface area contributed by atoms with Crippen molar-refractivity contribution >= 4 is 17.7 Å². The monoisotopic (exact) mass is 348 g/mol. The van der Waals surface area contributed by atoms with Gasteiger partial charge in [-0.1, -0.05) is 38.5 Å². The van der Waals surface area contributed by atoms with Crippen LogP contribution in [0.2, 0.25) is 0 Å². The van der Waals surface area contributed by atoms with Crippen LogP contribution in [0.4, 0.5) is 0 Å². The lowest BCUT2D eigenvalue weighted by Crippen LogP contribution is -2.44. The predicted octanol–water partition coefficient (Wildman–Crippen LogP) is 3.11. The highest BCUT2D eigenvalue weighted by Gasteiger charge is 2.28. The number of thioether (sulfide) groups is 1. The molecule has 24 heavy (non-hydrogen) atoms. The van der Waals surface area contributed by atoms with E-state index >= 15 is 0 Å². The van der Waals surface area contributed by atoms with Gasteiger partial charge in [-0.2, -0.15) is 0 Å². The second kappa shape index (κ2) is 7.42. The zero-order valence-electron chi connectivity index (χ0n) is 14.4. The minimum Gasteiger partial charge on any atom is -0.461 e. The number of aromatic nitrogens is 3. The lowest BCUT2D eigenvalue weighted by atomic mass is 9.78. The Bertz CT molecular complexity index is 683. The van der Waals surface area contributed by atoms with E-state index in [0.29, 0.717) is 40.4 Å². The molecule has 1 aliphatic carbocycles. The molecule has 1 N–H and O–H groups in total. The molecular formula is C17H24N4O2S. The van der Waals surface area contributed by atoms with Crippen molar-refractivity contribution in [2.45, 2.75) is 44.3 Å². The molecule has 2 heterocycles. The quantitative estimate of drug-likeness (QED) is 0.841. The van der Waals surface area contributed by atoms with Gasteiger partial charge in [-0.3, -0.25) is 4.79 Å². The third-order valence-corrected chi connectivity index (χ3v) is 5.98. The second-order valence-corrected chi connectivity index (χ2v) is 7.51. The Morgan fingerprint density at radius 2 is 2.25 bits per heavy atom. The van der Waals surface area contributed by atoms with E-state index in [2.05, 4.69) is 29.4 Å². The molecule has 0 saturated heterocycles. The maximum absolute atomic E-state index is 12.3. The summed E-state index contributed by atoms with van der Waals surface area (Å²) >= 11 is 1.40. The molecule has 1 fully saturated rings. The Morgan fingerprint density at radius 3 is 3.00 bits per heavy atom. The van der Waals surface area contributed by atoms with Gasteiger partial charge in [-0.05, 0) is 30.4 Å². The van der Waals surface area contributed by atoms with Gasteiger partial charge < -0.3 is 14.3 Å². The van der Waals surface area contributed by atoms with Gasteiger partial charge in [0.15, 0.2) is 16.7 Å². The van der Waals surface area contributed by atoms with Gasteiger partial charge in [-0.25, -0.2) is 0 Å². The van der Waals surface area contributed by atoms with Crippen molar-refractivity contribution < 1.29 is 9.21 Å². The Morgan fingerprint density at radius 1 is 1.42 bits per heavy atom. The molecular weight excluding hydrogens is 324 g/mol. The van der Waals surface area contributed by atoms with E-state index in [1.807, 2.05) is 23.7 Å². The number of nitrogens with one attached hydrogen (secondary N) is 1. The molecule has 1 amide bonds. The van der Waals surface area contributed by atoms with E-state index in [0.717, 1.165) is 6.42 Å². The van der Waals surface area contributed by atoms with Crippen molar-refractivity contribution in [3.05, 3.63) is 18.4 Å². The van der Waals surface area contributed by atoms with Gasteiger partial charge in [0, 0.05) is 13.1 Å². The number of hydrogen-bond acceptors (Lipinski definition) is 5. The number of carbonyl (C=O) groups is 1. The lowest BCUT2D eigenvalue weighted by Gasteiger charge is -2.34. The first-order valence-corrected chi connectivity index (χ1v) is 9.40. The van der Waals surface area contributed by atoms with Crippen LogP contribution in [0.15, 0.2) is 28.0 Å². The summed E-state index contributed by atoms with van der Waals surface area (Å²) in [5.41, 5.74) is 0. The van der Waals surface area contributed by atoms with Crippen LogP contribution >= 0.6 is 11.8 Å². The van der Waals surface area contributed by atoms with E-state index in [1.54, 1.807) is 6.26 Å². The maximum Gasteiger partial charge on any atom is 0.230 e. The van der Waals surface area contributed by atoms with Crippen LogP contribution in [0.5, 0.6) is 0 Å². The van der Waals surface area contributed by atoms with Gasteiger partial charge in [0.1, 0.15) is 0 Å². The summed E-state index contributed by atoms with van der Waals surface area (Å²) in [4.78, 5) is 12.3. The highest BCUT2D eigenvalue weighted by Crippen LogP contribution is 2.29. The molecule has 0 unspecified atom stereocenters. The molecule has 3 rings (SSSR count). The van der Waals surface area contributed by atoms with Crippen molar-refractivity contribution in [1.29, 1.82) is 0 Å². The SMILES string of the molecule is C[C@H]1[C@H](C)CCC[C@@H]1NC(=O)CSc1nnc(-c2ccco2)n1C. The number of carbonyl (C=O) groups excluding carboxylic acids is 1. The van der Waals surface area contributed by atoms with Crippen LogP contribution < -0.4 is 5.32 Å². The molecule has 3 atom stereocenters. The van der Waals surface area contributed by atoms with Crippen molar-refractivity contribution in [3.8, 4) is 11.6 Å². The van der Waals surface area contributed by atoms with E-state index in [1.165, 1.54) is 24.6 Å². The smallest absolute Gasteiger partial charge is 0.230 e. The summed E-state index contributed by atoms with van der Waals surface area (Å²) in [6.07, 6.45) is 5.14. The fourth-order valence-electron chi connectivity index (χ4n) is 3.23. The Labute approximate surface area is 146 Å². The highest BCUT2D eigenvalue weighted by atomic mass is 32.2. The first-order chi connectivity index (χ1) is 11.6. The standard InChI is InChI=1S/C17H24N4O2S/c1-11-6-4-7-13(12(11)2)18-15(22)10-24-17-20-19-16(21(17)3)14-8-5-9-23-14/h5,8-9,11-13H,4,6-7,10H2,1-3H3,(H,18,22)/t11-,12+,13+/m1/s1. The first-order valence-electron chi connectivity index (χ1n) is 8.41. The molecule has 130 valence electrons. The van der Waals surface area contributed by atoms with Crippen LogP contribution in [-0.2, 0) is 11.8 Å². The average Bonchev–Trinajstić information content (AvgIpc) is 3.19. The molecule has 0 radical (unpaired) electrons. The summed E-state index contributed by atoms with van der Waals surface area (Å²) in [6.45, 7) is 4.51. The lowest BCUT2D eigenvalue weighted by molar-refractivity contribution is -0.120. The third kappa shape index (κ3) is 3.66. The minimum absolute atomic E-state index is 0.0634. The van der Waals surface area contributed by atoms with Gasteiger partial charge in [0.25, 0.3) is 0 Å². The summed E-state index contributed by atoms with van der Waals surface area (Å²) in [6, 6.07) is 3.95. The van der Waals surface area contributed by atoms with Gasteiger partial charge in [0.05, 0.1) is 12.0 Å².